The first-order chi connectivity index (χ1) is 32.0. The molecule has 0 radical (unpaired) electrons. The van der Waals surface area contributed by atoms with E-state index in [2.05, 4.69) is 81.5 Å². The molecule has 6 nitrogen and oxygen atoms in total. The fraction of sp³-hybridized carbons (Fsp3) is 0.780. The molecule has 0 aromatic rings. The Balaban J connectivity index is 4.13. The van der Waals surface area contributed by atoms with Crippen LogP contribution in [0.2, 0.25) is 0 Å². The van der Waals surface area contributed by atoms with Crippen LogP contribution in [0.1, 0.15) is 278 Å². The number of hydrogen-bond donors (Lipinski definition) is 0. The molecule has 376 valence electrons. The van der Waals surface area contributed by atoms with E-state index in [1.165, 1.54) is 141 Å². The summed E-state index contributed by atoms with van der Waals surface area (Å²) in [5.74, 6) is -0.902. The maximum Gasteiger partial charge on any atom is 0.306 e. The molecule has 0 bridgehead atoms. The van der Waals surface area contributed by atoms with E-state index in [0.29, 0.717) is 19.3 Å². The molecule has 0 saturated heterocycles. The molecule has 1 unspecified atom stereocenters. The molecule has 0 aliphatic heterocycles. The third-order valence-corrected chi connectivity index (χ3v) is 12.0. The van der Waals surface area contributed by atoms with Crippen molar-refractivity contribution in [2.75, 3.05) is 13.2 Å². The van der Waals surface area contributed by atoms with Gasteiger partial charge in [-0.25, -0.2) is 0 Å². The molecular formula is C59H104O6. The van der Waals surface area contributed by atoms with Gasteiger partial charge in [-0.2, -0.15) is 0 Å². The molecule has 0 fully saturated rings. The highest BCUT2D eigenvalue weighted by Crippen LogP contribution is 2.15. The number of rotatable bonds is 50. The van der Waals surface area contributed by atoms with Crippen LogP contribution in [0, 0.1) is 0 Å². The van der Waals surface area contributed by atoms with Gasteiger partial charge in [-0.1, -0.05) is 229 Å². The highest BCUT2D eigenvalue weighted by atomic mass is 16.6. The molecule has 0 aromatic carbocycles. The lowest BCUT2D eigenvalue weighted by molar-refractivity contribution is -0.167. The van der Waals surface area contributed by atoms with Crippen molar-refractivity contribution in [3.8, 4) is 0 Å². The minimum atomic E-state index is -0.778. The van der Waals surface area contributed by atoms with Crippen molar-refractivity contribution >= 4 is 17.9 Å². The lowest BCUT2D eigenvalue weighted by atomic mass is 10.0. The molecule has 0 heterocycles. The van der Waals surface area contributed by atoms with Crippen LogP contribution in [-0.2, 0) is 28.6 Å². The molecule has 0 aliphatic carbocycles. The van der Waals surface area contributed by atoms with Gasteiger partial charge < -0.3 is 14.2 Å². The number of allylic oxidation sites excluding steroid dienone is 10. The Labute approximate surface area is 402 Å². The standard InChI is InChI=1S/C59H104O6/c1-4-7-10-13-15-17-19-21-23-25-27-28-29-30-32-33-35-37-39-41-43-46-49-52-58(61)64-55-56(54-63-57(60)51-48-45-12-9-6-3)65-59(62)53-50-47-44-42-40-38-36-34-31-26-24-22-20-18-16-14-11-8-5-2/h16,18-19,21-22,24-25,27,31,34,56H,4-15,17,20,23,26,28-30,32-33,35-55H2,1-3H3/b18-16-,21-19-,24-22-,27-25-,34-31-. The summed E-state index contributed by atoms with van der Waals surface area (Å²) >= 11 is 0. The Kier molecular flexibility index (Phi) is 51.3. The molecule has 0 N–H and O–H groups in total. The predicted molar refractivity (Wildman–Crippen MR) is 279 cm³/mol. The molecule has 0 aromatic heterocycles. The minimum Gasteiger partial charge on any atom is -0.462 e. The lowest BCUT2D eigenvalue weighted by Gasteiger charge is -2.18. The first-order valence-corrected chi connectivity index (χ1v) is 27.8. The summed E-state index contributed by atoms with van der Waals surface area (Å²) in [5.41, 5.74) is 0. The van der Waals surface area contributed by atoms with Gasteiger partial charge in [0.1, 0.15) is 13.2 Å². The van der Waals surface area contributed by atoms with Gasteiger partial charge >= 0.3 is 17.9 Å². The van der Waals surface area contributed by atoms with Crippen LogP contribution < -0.4 is 0 Å². The summed E-state index contributed by atoms with van der Waals surface area (Å²) in [6, 6.07) is 0. The van der Waals surface area contributed by atoms with Gasteiger partial charge in [0.2, 0.25) is 0 Å². The second-order valence-electron chi connectivity index (χ2n) is 18.5. The summed E-state index contributed by atoms with van der Waals surface area (Å²) in [7, 11) is 0. The molecule has 6 heteroatoms. The van der Waals surface area contributed by atoms with E-state index in [9.17, 15) is 14.4 Å². The molecule has 0 aliphatic rings. The minimum absolute atomic E-state index is 0.0801. The van der Waals surface area contributed by atoms with Crippen LogP contribution in [0.5, 0.6) is 0 Å². The average molecular weight is 909 g/mol. The second kappa shape index (κ2) is 53.7. The van der Waals surface area contributed by atoms with Crippen molar-refractivity contribution in [2.45, 2.75) is 284 Å². The molecule has 0 spiro atoms. The number of hydrogen-bond acceptors (Lipinski definition) is 6. The Morgan fingerprint density at radius 3 is 0.892 bits per heavy atom. The summed E-state index contributed by atoms with van der Waals surface area (Å²) in [5, 5.41) is 0. The van der Waals surface area contributed by atoms with Gasteiger partial charge in [0.15, 0.2) is 6.10 Å². The van der Waals surface area contributed by atoms with Crippen LogP contribution in [0.3, 0.4) is 0 Å². The summed E-state index contributed by atoms with van der Waals surface area (Å²) in [6.07, 6.45) is 66.8. The van der Waals surface area contributed by atoms with Gasteiger partial charge in [-0.05, 0) is 89.9 Å². The van der Waals surface area contributed by atoms with Gasteiger partial charge in [-0.3, -0.25) is 14.4 Å². The Morgan fingerprint density at radius 1 is 0.308 bits per heavy atom. The van der Waals surface area contributed by atoms with Gasteiger partial charge in [0.05, 0.1) is 0 Å². The van der Waals surface area contributed by atoms with Crippen LogP contribution in [0.15, 0.2) is 60.8 Å². The largest absolute Gasteiger partial charge is 0.462 e. The van der Waals surface area contributed by atoms with Crippen molar-refractivity contribution in [3.05, 3.63) is 60.8 Å². The number of unbranched alkanes of at least 4 members (excludes halogenated alkanes) is 29. The molecule has 0 rings (SSSR count). The van der Waals surface area contributed by atoms with Crippen LogP contribution >= 0.6 is 0 Å². The van der Waals surface area contributed by atoms with Crippen LogP contribution in [-0.4, -0.2) is 37.2 Å². The predicted octanol–water partition coefficient (Wildman–Crippen LogP) is 18.4. The van der Waals surface area contributed by atoms with Crippen molar-refractivity contribution in [2.24, 2.45) is 0 Å². The highest BCUT2D eigenvalue weighted by molar-refractivity contribution is 5.71. The summed E-state index contributed by atoms with van der Waals surface area (Å²) in [6.45, 7) is 6.52. The van der Waals surface area contributed by atoms with Crippen molar-refractivity contribution < 1.29 is 28.6 Å². The Morgan fingerprint density at radius 2 is 0.554 bits per heavy atom. The topological polar surface area (TPSA) is 78.9 Å². The zero-order valence-corrected chi connectivity index (χ0v) is 43.0. The number of ether oxygens (including phenoxy) is 3. The maximum absolute atomic E-state index is 12.8. The van der Waals surface area contributed by atoms with E-state index in [1.54, 1.807) is 0 Å². The van der Waals surface area contributed by atoms with Gasteiger partial charge in [0, 0.05) is 19.3 Å². The van der Waals surface area contributed by atoms with Crippen molar-refractivity contribution in [1.82, 2.24) is 0 Å². The number of carbonyl (C=O) groups is 3. The van der Waals surface area contributed by atoms with E-state index >= 15 is 0 Å². The third kappa shape index (κ3) is 51.9. The van der Waals surface area contributed by atoms with Crippen molar-refractivity contribution in [3.63, 3.8) is 0 Å². The second-order valence-corrected chi connectivity index (χ2v) is 18.5. The molecule has 1 atom stereocenters. The first-order valence-electron chi connectivity index (χ1n) is 27.8. The maximum atomic E-state index is 12.8. The fourth-order valence-electron chi connectivity index (χ4n) is 7.77. The first kappa shape index (κ1) is 62.1. The van der Waals surface area contributed by atoms with E-state index in [4.69, 9.17) is 14.2 Å². The summed E-state index contributed by atoms with van der Waals surface area (Å²) < 4.78 is 16.7. The quantitative estimate of drug-likeness (QED) is 0.0262. The van der Waals surface area contributed by atoms with E-state index in [1.807, 2.05) is 0 Å². The van der Waals surface area contributed by atoms with Gasteiger partial charge in [-0.15, -0.1) is 0 Å². The SMILES string of the molecule is CCCCC/C=C\C/C=C\C/C=C\CCCCCCCCC(=O)OC(COC(=O)CCCCCCC)COC(=O)CCCCCCCCCCCCC/C=C\C/C=C\CCCCCCC. The molecular weight excluding hydrogens is 805 g/mol. The van der Waals surface area contributed by atoms with Crippen LogP contribution in [0.25, 0.3) is 0 Å². The van der Waals surface area contributed by atoms with Gasteiger partial charge in [0.25, 0.3) is 0 Å². The zero-order valence-electron chi connectivity index (χ0n) is 43.0. The third-order valence-electron chi connectivity index (χ3n) is 12.0. The zero-order chi connectivity index (χ0) is 47.2. The fourth-order valence-corrected chi connectivity index (χ4v) is 7.77. The molecule has 0 amide bonds. The average Bonchev–Trinajstić information content (AvgIpc) is 3.30. The number of carbonyl (C=O) groups excluding carboxylic acids is 3. The van der Waals surface area contributed by atoms with Crippen molar-refractivity contribution in [1.29, 1.82) is 0 Å². The number of esters is 3. The highest BCUT2D eigenvalue weighted by Gasteiger charge is 2.19. The molecule has 65 heavy (non-hydrogen) atoms. The Bertz CT molecular complexity index is 1180. The van der Waals surface area contributed by atoms with Crippen LogP contribution in [0.4, 0.5) is 0 Å². The van der Waals surface area contributed by atoms with E-state index in [0.717, 1.165) is 96.3 Å². The monoisotopic (exact) mass is 909 g/mol. The van der Waals surface area contributed by atoms with E-state index < -0.39 is 6.10 Å². The summed E-state index contributed by atoms with van der Waals surface area (Å²) in [4.78, 5) is 37.8. The molecule has 0 saturated carbocycles. The smallest absolute Gasteiger partial charge is 0.306 e. The lowest BCUT2D eigenvalue weighted by Crippen LogP contribution is -2.30. The van der Waals surface area contributed by atoms with E-state index in [-0.39, 0.29) is 31.1 Å². The Hall–Kier alpha value is -2.89. The normalized spacial score (nSPS) is 12.5.